The molecule has 0 aliphatic carbocycles. The average Bonchev–Trinajstić information content (AvgIpc) is 3.05. The molecule has 1 saturated heterocycles. The number of rotatable bonds is 4. The van der Waals surface area contributed by atoms with Crippen molar-refractivity contribution in [2.45, 2.75) is 12.1 Å². The van der Waals surface area contributed by atoms with Crippen molar-refractivity contribution < 1.29 is 18.7 Å². The Balaban J connectivity index is 1.70. The number of hydrazone groups is 1. The predicted molar refractivity (Wildman–Crippen MR) is 112 cm³/mol. The molecule has 1 aliphatic heterocycles. The molecule has 150 valence electrons. The van der Waals surface area contributed by atoms with Crippen molar-refractivity contribution in [1.82, 2.24) is 10.7 Å². The minimum atomic E-state index is -0.837. The van der Waals surface area contributed by atoms with Crippen molar-refractivity contribution in [1.29, 1.82) is 0 Å². The molecule has 0 unspecified atom stereocenters. The van der Waals surface area contributed by atoms with Crippen LogP contribution in [0.25, 0.3) is 0 Å². The van der Waals surface area contributed by atoms with Crippen molar-refractivity contribution in [3.63, 3.8) is 0 Å². The number of hydrazine groups is 1. The third-order valence-electron chi connectivity index (χ3n) is 4.83. The van der Waals surface area contributed by atoms with Crippen LogP contribution in [0.15, 0.2) is 78.9 Å². The van der Waals surface area contributed by atoms with Crippen LogP contribution in [0.3, 0.4) is 0 Å². The molecule has 5 nitrogen and oxygen atoms in total. The summed E-state index contributed by atoms with van der Waals surface area (Å²) in [6, 6.07) is 20.3. The first-order valence-corrected chi connectivity index (χ1v) is 9.70. The SMILES string of the molecule is O=C(N[C@H]1C(=O)N/[N+](=C\c2ccc(F)cc2)[C@H]1c1ccc(Cl)cc1)c1ccccc1. The van der Waals surface area contributed by atoms with Crippen molar-refractivity contribution in [2.24, 2.45) is 0 Å². The van der Waals surface area contributed by atoms with Crippen LogP contribution < -0.4 is 10.7 Å². The lowest BCUT2D eigenvalue weighted by molar-refractivity contribution is -0.596. The van der Waals surface area contributed by atoms with Crippen LogP contribution in [-0.4, -0.2) is 28.8 Å². The van der Waals surface area contributed by atoms with Crippen molar-refractivity contribution in [2.75, 3.05) is 0 Å². The van der Waals surface area contributed by atoms with E-state index in [0.29, 0.717) is 16.1 Å². The molecule has 0 saturated carbocycles. The van der Waals surface area contributed by atoms with Crippen LogP contribution in [0.2, 0.25) is 5.02 Å². The molecule has 4 rings (SSSR count). The highest BCUT2D eigenvalue weighted by molar-refractivity contribution is 6.30. The molecule has 1 aliphatic rings. The topological polar surface area (TPSA) is 61.2 Å². The van der Waals surface area contributed by atoms with Gasteiger partial charge in [-0.05, 0) is 48.5 Å². The molecule has 1 heterocycles. The van der Waals surface area contributed by atoms with Crippen molar-refractivity contribution in [3.8, 4) is 0 Å². The van der Waals surface area contributed by atoms with E-state index in [1.807, 2.05) is 6.07 Å². The van der Waals surface area contributed by atoms with Gasteiger partial charge in [0, 0.05) is 21.7 Å². The normalized spacial score (nSPS) is 19.5. The Hall–Kier alpha value is -3.51. The van der Waals surface area contributed by atoms with Gasteiger partial charge in [-0.1, -0.05) is 41.9 Å². The molecule has 0 spiro atoms. The fraction of sp³-hybridized carbons (Fsp3) is 0.0870. The molecule has 0 bridgehead atoms. The second kappa shape index (κ2) is 8.47. The van der Waals surface area contributed by atoms with Gasteiger partial charge in [0.1, 0.15) is 5.82 Å². The lowest BCUT2D eigenvalue weighted by Crippen LogP contribution is -2.42. The Labute approximate surface area is 177 Å². The fourth-order valence-electron chi connectivity index (χ4n) is 3.36. The van der Waals surface area contributed by atoms with E-state index >= 15 is 0 Å². The number of halogens is 2. The highest BCUT2D eigenvalue weighted by atomic mass is 35.5. The summed E-state index contributed by atoms with van der Waals surface area (Å²) in [7, 11) is 0. The molecular weight excluding hydrogens is 405 g/mol. The van der Waals surface area contributed by atoms with Gasteiger partial charge < -0.3 is 5.32 Å². The van der Waals surface area contributed by atoms with Crippen LogP contribution in [-0.2, 0) is 4.79 Å². The Kier molecular flexibility index (Phi) is 5.59. The minimum absolute atomic E-state index is 0.347. The van der Waals surface area contributed by atoms with E-state index < -0.39 is 12.1 Å². The van der Waals surface area contributed by atoms with E-state index in [0.717, 1.165) is 5.56 Å². The third-order valence-corrected chi connectivity index (χ3v) is 5.08. The minimum Gasteiger partial charge on any atom is -0.334 e. The van der Waals surface area contributed by atoms with Gasteiger partial charge in [0.15, 0.2) is 6.04 Å². The smallest absolute Gasteiger partial charge is 0.304 e. The number of benzene rings is 3. The lowest BCUT2D eigenvalue weighted by atomic mass is 10.00. The van der Waals surface area contributed by atoms with Gasteiger partial charge in [-0.15, -0.1) is 10.1 Å². The maximum absolute atomic E-state index is 13.3. The largest absolute Gasteiger partial charge is 0.334 e. The summed E-state index contributed by atoms with van der Waals surface area (Å²) in [5.74, 6) is -1.05. The van der Waals surface area contributed by atoms with Gasteiger partial charge >= 0.3 is 5.91 Å². The molecule has 3 aromatic rings. The number of hydrogen-bond acceptors (Lipinski definition) is 2. The molecular formula is C23H18ClFN3O2+. The molecule has 0 aromatic heterocycles. The first kappa shape index (κ1) is 19.8. The summed E-state index contributed by atoms with van der Waals surface area (Å²) in [4.78, 5) is 25.5. The van der Waals surface area contributed by atoms with Crippen molar-refractivity contribution in [3.05, 3.63) is 106 Å². The van der Waals surface area contributed by atoms with Gasteiger partial charge in [0.25, 0.3) is 5.91 Å². The second-order valence-corrected chi connectivity index (χ2v) is 7.31. The fourth-order valence-corrected chi connectivity index (χ4v) is 3.49. The second-order valence-electron chi connectivity index (χ2n) is 6.88. The lowest BCUT2D eigenvalue weighted by Gasteiger charge is -2.14. The van der Waals surface area contributed by atoms with Crippen LogP contribution >= 0.6 is 11.6 Å². The summed E-state index contributed by atoms with van der Waals surface area (Å²) < 4.78 is 14.9. The zero-order valence-corrected chi connectivity index (χ0v) is 16.5. The monoisotopic (exact) mass is 422 g/mol. The first-order chi connectivity index (χ1) is 14.5. The number of nitrogens with zero attached hydrogens (tertiary/aromatic N) is 1. The van der Waals surface area contributed by atoms with Gasteiger partial charge in [-0.3, -0.25) is 9.59 Å². The zero-order valence-electron chi connectivity index (χ0n) is 15.8. The van der Waals surface area contributed by atoms with Gasteiger partial charge in [0.2, 0.25) is 12.3 Å². The Bertz CT molecular complexity index is 1100. The van der Waals surface area contributed by atoms with Gasteiger partial charge in [-0.25, -0.2) is 4.39 Å². The van der Waals surface area contributed by atoms with E-state index in [2.05, 4.69) is 10.7 Å². The number of nitrogens with one attached hydrogen (secondary N) is 2. The molecule has 2 N–H and O–H groups in total. The van der Waals surface area contributed by atoms with E-state index in [-0.39, 0.29) is 17.6 Å². The highest BCUT2D eigenvalue weighted by Crippen LogP contribution is 2.26. The maximum atomic E-state index is 13.3. The Morgan fingerprint density at radius 1 is 1.00 bits per heavy atom. The average molecular weight is 423 g/mol. The van der Waals surface area contributed by atoms with Crippen molar-refractivity contribution >= 4 is 29.6 Å². The molecule has 0 radical (unpaired) electrons. The molecule has 30 heavy (non-hydrogen) atoms. The summed E-state index contributed by atoms with van der Waals surface area (Å²) in [5.41, 5.74) is 4.73. The van der Waals surface area contributed by atoms with E-state index in [4.69, 9.17) is 11.6 Å². The first-order valence-electron chi connectivity index (χ1n) is 9.32. The van der Waals surface area contributed by atoms with Crippen LogP contribution in [0.4, 0.5) is 4.39 Å². The molecule has 2 amide bonds. The van der Waals surface area contributed by atoms with E-state index in [9.17, 15) is 14.0 Å². The summed E-state index contributed by atoms with van der Waals surface area (Å²) >= 11 is 6.02. The van der Waals surface area contributed by atoms with Crippen LogP contribution in [0, 0.1) is 5.82 Å². The Morgan fingerprint density at radius 3 is 2.33 bits per heavy atom. The number of amides is 2. The number of carbonyl (C=O) groups is 2. The van der Waals surface area contributed by atoms with Crippen LogP contribution in [0.1, 0.15) is 27.5 Å². The Morgan fingerprint density at radius 2 is 1.67 bits per heavy atom. The molecule has 2 atom stereocenters. The zero-order chi connectivity index (χ0) is 21.1. The van der Waals surface area contributed by atoms with Gasteiger partial charge in [-0.2, -0.15) is 0 Å². The van der Waals surface area contributed by atoms with Gasteiger partial charge in [0.05, 0.1) is 0 Å². The number of carbonyl (C=O) groups excluding carboxylic acids is 2. The molecule has 1 fully saturated rings. The standard InChI is InChI=1S/C23H17ClFN3O2/c24-18-10-8-16(9-11-18)21-20(26-22(29)17-4-2-1-3-5-17)23(30)27-28(21)14-15-6-12-19(25)13-7-15/h1-14,20-21H,(H-,26,27,29,30)/p+1/b28-14-/t20-,21+/m1/s1. The number of hydrogen-bond donors (Lipinski definition) is 2. The van der Waals surface area contributed by atoms with Crippen LogP contribution in [0.5, 0.6) is 0 Å². The highest BCUT2D eigenvalue weighted by Gasteiger charge is 2.47. The quantitative estimate of drug-likeness (QED) is 0.632. The van der Waals surface area contributed by atoms with E-state index in [1.54, 1.807) is 71.6 Å². The third kappa shape index (κ3) is 4.23. The predicted octanol–water partition coefficient (Wildman–Crippen LogP) is 3.50. The molecule has 3 aromatic carbocycles. The van der Waals surface area contributed by atoms with E-state index in [1.165, 1.54) is 12.1 Å². The maximum Gasteiger partial charge on any atom is 0.304 e. The molecule has 7 heteroatoms. The summed E-state index contributed by atoms with van der Waals surface area (Å²) in [5, 5.41) is 3.39. The summed E-state index contributed by atoms with van der Waals surface area (Å²) in [6.45, 7) is 0. The summed E-state index contributed by atoms with van der Waals surface area (Å²) in [6.07, 6.45) is 1.70.